The Morgan fingerprint density at radius 3 is 2.84 bits per heavy atom. The van der Waals surface area contributed by atoms with E-state index in [1.165, 1.54) is 4.88 Å². The van der Waals surface area contributed by atoms with E-state index >= 15 is 0 Å². The van der Waals surface area contributed by atoms with E-state index in [1.807, 2.05) is 24.4 Å². The van der Waals surface area contributed by atoms with E-state index < -0.39 is 0 Å². The Bertz CT molecular complexity index is 515. The van der Waals surface area contributed by atoms with Crippen LogP contribution in [0.5, 0.6) is 0 Å². The smallest absolute Gasteiger partial charge is 0.315 e. The highest BCUT2D eigenvalue weighted by Crippen LogP contribution is 2.16. The highest BCUT2D eigenvalue weighted by atomic mass is 32.1. The number of aromatic nitrogens is 1. The van der Waals surface area contributed by atoms with Crippen LogP contribution in [0.1, 0.15) is 20.5 Å². The van der Waals surface area contributed by atoms with Gasteiger partial charge < -0.3 is 10.6 Å². The van der Waals surface area contributed by atoms with Crippen molar-refractivity contribution >= 4 is 28.7 Å². The number of rotatable bonds is 5. The molecule has 0 aliphatic heterocycles. The predicted octanol–water partition coefficient (Wildman–Crippen LogP) is 2.86. The Labute approximate surface area is 120 Å². The molecule has 4 nitrogen and oxygen atoms in total. The first-order valence-electron chi connectivity index (χ1n) is 6.12. The van der Waals surface area contributed by atoms with Crippen molar-refractivity contribution in [3.8, 4) is 0 Å². The van der Waals surface area contributed by atoms with E-state index in [1.54, 1.807) is 22.7 Å². The molecule has 0 bridgehead atoms. The van der Waals surface area contributed by atoms with Gasteiger partial charge in [0.2, 0.25) is 0 Å². The van der Waals surface area contributed by atoms with Crippen LogP contribution < -0.4 is 10.6 Å². The Morgan fingerprint density at radius 2 is 2.21 bits per heavy atom. The highest BCUT2D eigenvalue weighted by Gasteiger charge is 2.05. The number of carbonyl (C=O) groups is 1. The van der Waals surface area contributed by atoms with Gasteiger partial charge in [-0.15, -0.1) is 22.7 Å². The zero-order valence-corrected chi connectivity index (χ0v) is 12.7. The van der Waals surface area contributed by atoms with Crippen molar-refractivity contribution in [1.29, 1.82) is 0 Å². The first-order valence-corrected chi connectivity index (χ1v) is 7.82. The zero-order chi connectivity index (χ0) is 13.7. The third-order valence-corrected chi connectivity index (χ3v) is 4.71. The molecule has 2 aromatic heterocycles. The molecule has 102 valence electrons. The largest absolute Gasteiger partial charge is 0.338 e. The zero-order valence-electron chi connectivity index (χ0n) is 11.0. The molecule has 0 saturated heterocycles. The average Bonchev–Trinajstić information content (AvgIpc) is 2.98. The topological polar surface area (TPSA) is 54.0 Å². The summed E-state index contributed by atoms with van der Waals surface area (Å²) in [5, 5.41) is 8.75. The van der Waals surface area contributed by atoms with Crippen molar-refractivity contribution in [1.82, 2.24) is 15.6 Å². The van der Waals surface area contributed by atoms with Gasteiger partial charge in [-0.2, -0.15) is 0 Å². The number of carbonyl (C=O) groups excluding carboxylic acids is 1. The molecule has 6 heteroatoms. The fourth-order valence-corrected chi connectivity index (χ4v) is 3.15. The molecule has 2 rings (SSSR count). The molecule has 0 atom stereocenters. The molecule has 2 aromatic rings. The summed E-state index contributed by atoms with van der Waals surface area (Å²) in [6.07, 6.45) is 0.784. The standard InChI is InChI=1S/C13H17N3OS2/c1-9-10(2)19-12(16-9)5-6-14-13(17)15-8-11-4-3-7-18-11/h3-4,7H,5-6,8H2,1-2H3,(H2,14,15,17). The fraction of sp³-hybridized carbons (Fsp3) is 0.385. The molecule has 0 spiro atoms. The van der Waals surface area contributed by atoms with Gasteiger partial charge in [0.05, 0.1) is 17.2 Å². The minimum absolute atomic E-state index is 0.126. The molecule has 0 aliphatic rings. The molecular weight excluding hydrogens is 278 g/mol. The lowest BCUT2D eigenvalue weighted by atomic mass is 10.4. The SMILES string of the molecule is Cc1nc(CCNC(=O)NCc2cccs2)sc1C. The maximum Gasteiger partial charge on any atom is 0.315 e. The van der Waals surface area contributed by atoms with Gasteiger partial charge in [-0.3, -0.25) is 0 Å². The van der Waals surface area contributed by atoms with Gasteiger partial charge in [0.15, 0.2) is 0 Å². The Balaban J connectivity index is 1.66. The van der Waals surface area contributed by atoms with Gasteiger partial charge in [-0.1, -0.05) is 6.07 Å². The van der Waals surface area contributed by atoms with E-state index in [0.717, 1.165) is 22.0 Å². The van der Waals surface area contributed by atoms with Crippen LogP contribution in [0.3, 0.4) is 0 Å². The van der Waals surface area contributed by atoms with Gasteiger partial charge in [-0.05, 0) is 25.3 Å². The molecular formula is C13H17N3OS2. The molecule has 0 radical (unpaired) electrons. The van der Waals surface area contributed by atoms with Crippen molar-refractivity contribution in [3.63, 3.8) is 0 Å². The average molecular weight is 295 g/mol. The monoisotopic (exact) mass is 295 g/mol. The predicted molar refractivity (Wildman–Crippen MR) is 79.8 cm³/mol. The summed E-state index contributed by atoms with van der Waals surface area (Å²) in [4.78, 5) is 18.4. The molecule has 0 aliphatic carbocycles. The Morgan fingerprint density at radius 1 is 1.37 bits per heavy atom. The second-order valence-electron chi connectivity index (χ2n) is 4.19. The van der Waals surface area contributed by atoms with Gasteiger partial charge in [0, 0.05) is 22.7 Å². The van der Waals surface area contributed by atoms with Crippen molar-refractivity contribution in [3.05, 3.63) is 38.0 Å². The van der Waals surface area contributed by atoms with E-state index in [2.05, 4.69) is 22.5 Å². The minimum Gasteiger partial charge on any atom is -0.338 e. The van der Waals surface area contributed by atoms with E-state index in [0.29, 0.717) is 13.1 Å². The van der Waals surface area contributed by atoms with Crippen LogP contribution in [0.15, 0.2) is 17.5 Å². The molecule has 19 heavy (non-hydrogen) atoms. The van der Waals surface area contributed by atoms with Crippen LogP contribution in [-0.2, 0) is 13.0 Å². The van der Waals surface area contributed by atoms with Crippen molar-refractivity contribution < 1.29 is 4.79 Å². The molecule has 2 amide bonds. The van der Waals surface area contributed by atoms with Crippen LogP contribution in [0.4, 0.5) is 4.79 Å². The maximum absolute atomic E-state index is 11.6. The summed E-state index contributed by atoms with van der Waals surface area (Å²) in [5.41, 5.74) is 1.09. The number of thiazole rings is 1. The molecule has 0 saturated carbocycles. The van der Waals surface area contributed by atoms with Crippen molar-refractivity contribution in [2.24, 2.45) is 0 Å². The number of aryl methyl sites for hydroxylation is 2. The van der Waals surface area contributed by atoms with Crippen LogP contribution >= 0.6 is 22.7 Å². The fourth-order valence-electron chi connectivity index (χ4n) is 1.57. The second kappa shape index (κ2) is 6.68. The molecule has 2 N–H and O–H groups in total. The van der Waals surface area contributed by atoms with E-state index in [4.69, 9.17) is 0 Å². The minimum atomic E-state index is -0.126. The first kappa shape index (κ1) is 14.0. The van der Waals surface area contributed by atoms with Gasteiger partial charge in [0.25, 0.3) is 0 Å². The van der Waals surface area contributed by atoms with Crippen LogP contribution in [-0.4, -0.2) is 17.6 Å². The van der Waals surface area contributed by atoms with Crippen LogP contribution in [0.25, 0.3) is 0 Å². The second-order valence-corrected chi connectivity index (χ2v) is 6.51. The number of urea groups is 1. The quantitative estimate of drug-likeness (QED) is 0.891. The Kier molecular flexibility index (Phi) is 4.93. The van der Waals surface area contributed by atoms with Gasteiger partial charge in [-0.25, -0.2) is 9.78 Å². The van der Waals surface area contributed by atoms with Crippen LogP contribution in [0.2, 0.25) is 0 Å². The van der Waals surface area contributed by atoms with Gasteiger partial charge in [0.1, 0.15) is 0 Å². The number of hydrogen-bond donors (Lipinski definition) is 2. The number of thiophene rings is 1. The number of nitrogens with one attached hydrogen (secondary N) is 2. The normalized spacial score (nSPS) is 10.4. The summed E-state index contributed by atoms with van der Waals surface area (Å²) in [5.74, 6) is 0. The summed E-state index contributed by atoms with van der Waals surface area (Å²) >= 11 is 3.34. The third-order valence-electron chi connectivity index (χ3n) is 2.70. The molecule has 0 unspecified atom stereocenters. The lowest BCUT2D eigenvalue weighted by Gasteiger charge is -2.05. The number of amides is 2. The third kappa shape index (κ3) is 4.33. The lowest BCUT2D eigenvalue weighted by Crippen LogP contribution is -2.35. The maximum atomic E-state index is 11.6. The van der Waals surface area contributed by atoms with E-state index in [9.17, 15) is 4.79 Å². The van der Waals surface area contributed by atoms with Crippen molar-refractivity contribution in [2.45, 2.75) is 26.8 Å². The number of nitrogens with zero attached hydrogens (tertiary/aromatic N) is 1. The lowest BCUT2D eigenvalue weighted by molar-refractivity contribution is 0.240. The summed E-state index contributed by atoms with van der Waals surface area (Å²) in [6.45, 7) is 5.27. The molecule has 0 fully saturated rings. The highest BCUT2D eigenvalue weighted by molar-refractivity contribution is 7.11. The summed E-state index contributed by atoms with van der Waals surface area (Å²) in [7, 11) is 0. The van der Waals surface area contributed by atoms with Crippen molar-refractivity contribution in [2.75, 3.05) is 6.54 Å². The van der Waals surface area contributed by atoms with Gasteiger partial charge >= 0.3 is 6.03 Å². The Hall–Kier alpha value is -1.40. The van der Waals surface area contributed by atoms with Crippen LogP contribution in [0, 0.1) is 13.8 Å². The summed E-state index contributed by atoms with van der Waals surface area (Å²) < 4.78 is 0. The van der Waals surface area contributed by atoms with E-state index in [-0.39, 0.29) is 6.03 Å². The molecule has 2 heterocycles. The number of hydrogen-bond acceptors (Lipinski definition) is 4. The molecule has 0 aromatic carbocycles. The first-order chi connectivity index (χ1) is 9.15. The summed E-state index contributed by atoms with van der Waals surface area (Å²) in [6, 6.07) is 3.86.